The number of carbonyl (C=O) groups excluding carboxylic acids is 1. The molecule has 18 heavy (non-hydrogen) atoms. The van der Waals surface area contributed by atoms with Crippen molar-refractivity contribution in [3.8, 4) is 5.75 Å². The van der Waals surface area contributed by atoms with E-state index >= 15 is 0 Å². The number of amides is 1. The molecule has 0 fully saturated rings. The molecule has 1 amide bonds. The van der Waals surface area contributed by atoms with Gasteiger partial charge in [0.25, 0.3) is 0 Å². The first-order chi connectivity index (χ1) is 10.9. The second-order valence-electron chi connectivity index (χ2n) is 4.00. The molecular formula is C14H22N2O2. The number of ether oxygens (including phenoxy) is 1. The zero-order valence-corrected chi connectivity index (χ0v) is 10.8. The van der Waals surface area contributed by atoms with E-state index in [1.54, 1.807) is 32.2 Å². The van der Waals surface area contributed by atoms with Crippen LogP contribution in [-0.4, -0.2) is 43.4 Å². The van der Waals surface area contributed by atoms with E-state index in [1.165, 1.54) is 17.9 Å². The van der Waals surface area contributed by atoms with Gasteiger partial charge in [-0.3, -0.25) is 0 Å². The summed E-state index contributed by atoms with van der Waals surface area (Å²) < 4.78 is 50.1. The van der Waals surface area contributed by atoms with Crippen molar-refractivity contribution >= 4 is 6.09 Å². The van der Waals surface area contributed by atoms with Crippen LogP contribution in [0.2, 0.25) is 0 Å². The maximum absolute atomic E-state index is 11.8. The predicted molar refractivity (Wildman–Crippen MR) is 72.9 cm³/mol. The Labute approximate surface area is 118 Å². The van der Waals surface area contributed by atoms with E-state index in [9.17, 15) is 4.79 Å². The van der Waals surface area contributed by atoms with Gasteiger partial charge in [0.15, 0.2) is 0 Å². The van der Waals surface area contributed by atoms with Crippen LogP contribution in [0.5, 0.6) is 5.75 Å². The number of carbonyl (C=O) groups is 1. The maximum atomic E-state index is 11.8. The van der Waals surface area contributed by atoms with Crippen molar-refractivity contribution in [2.24, 2.45) is 0 Å². The van der Waals surface area contributed by atoms with Crippen LogP contribution in [0.1, 0.15) is 33.7 Å². The Morgan fingerprint density at radius 1 is 1.50 bits per heavy atom. The van der Waals surface area contributed by atoms with E-state index in [1.807, 2.05) is 0 Å². The molecule has 0 saturated heterocycles. The molecule has 0 N–H and O–H groups in total. The van der Waals surface area contributed by atoms with Crippen molar-refractivity contribution in [2.75, 3.05) is 27.5 Å². The molecule has 4 nitrogen and oxygen atoms in total. The number of nitrogens with zero attached hydrogens (tertiary/aromatic N) is 2. The minimum absolute atomic E-state index is 0.223. The van der Waals surface area contributed by atoms with Crippen LogP contribution in [0.3, 0.4) is 0 Å². The van der Waals surface area contributed by atoms with E-state index in [2.05, 4.69) is 0 Å². The van der Waals surface area contributed by atoms with Crippen molar-refractivity contribution in [3.05, 3.63) is 29.8 Å². The molecule has 0 aromatic heterocycles. The van der Waals surface area contributed by atoms with Crippen LogP contribution in [0.15, 0.2) is 24.3 Å². The molecule has 1 atom stereocenters. The Balaban J connectivity index is 3.09. The summed E-state index contributed by atoms with van der Waals surface area (Å²) in [6, 6.07) is 5.27. The summed E-state index contributed by atoms with van der Waals surface area (Å²) in [6.45, 7) is -1.83. The fraction of sp³-hybridized carbons (Fsp3) is 0.500. The van der Waals surface area contributed by atoms with Gasteiger partial charge in [0, 0.05) is 27.9 Å². The van der Waals surface area contributed by atoms with Crippen LogP contribution in [0.25, 0.3) is 0 Å². The zero-order chi connectivity index (χ0) is 18.7. The molecule has 4 heteroatoms. The lowest BCUT2D eigenvalue weighted by Crippen LogP contribution is -2.29. The first-order valence-electron chi connectivity index (χ1n) is 8.70. The highest BCUT2D eigenvalue weighted by molar-refractivity contribution is 5.70. The normalized spacial score (nSPS) is 18.7. The number of rotatable bonds is 4. The maximum Gasteiger partial charge on any atom is 0.414 e. The van der Waals surface area contributed by atoms with Crippen molar-refractivity contribution in [2.45, 2.75) is 19.9 Å². The highest BCUT2D eigenvalue weighted by Gasteiger charge is 2.12. The first kappa shape index (κ1) is 7.79. The first-order valence-corrected chi connectivity index (χ1v) is 5.70. The number of benzene rings is 1. The van der Waals surface area contributed by atoms with Gasteiger partial charge in [-0.05, 0) is 45.5 Å². The molecule has 0 aliphatic rings. The molecular weight excluding hydrogens is 228 g/mol. The molecule has 0 aliphatic heterocycles. The molecule has 0 aliphatic carbocycles. The van der Waals surface area contributed by atoms with Gasteiger partial charge in [0.2, 0.25) is 0 Å². The number of hydrogen-bond donors (Lipinski definition) is 0. The quantitative estimate of drug-likeness (QED) is 0.830. The van der Waals surface area contributed by atoms with Crippen molar-refractivity contribution < 1.29 is 17.8 Å². The zero-order valence-electron chi connectivity index (χ0n) is 16.8. The standard InChI is InChI=1S/C14H22N2O2/c1-6-16(5)14(17)18-13-9-7-8-12(10-13)11(2)15(3)4/h7-11H,6H2,1-5H3/t11-/m1/s1/i3D3,4D3. The minimum atomic E-state index is -2.79. The molecule has 1 aromatic carbocycles. The summed E-state index contributed by atoms with van der Waals surface area (Å²) in [5, 5.41) is 0. The average molecular weight is 256 g/mol. The van der Waals surface area contributed by atoms with Gasteiger partial charge in [0.05, 0.1) is 0 Å². The van der Waals surface area contributed by atoms with Gasteiger partial charge in [-0.15, -0.1) is 0 Å². The fourth-order valence-electron chi connectivity index (χ4n) is 1.29. The van der Waals surface area contributed by atoms with Crippen molar-refractivity contribution in [3.63, 3.8) is 0 Å². The lowest BCUT2D eigenvalue weighted by atomic mass is 10.1. The Morgan fingerprint density at radius 3 is 2.83 bits per heavy atom. The van der Waals surface area contributed by atoms with Crippen LogP contribution in [0.4, 0.5) is 4.79 Å². The topological polar surface area (TPSA) is 32.8 Å². The second-order valence-corrected chi connectivity index (χ2v) is 4.00. The summed E-state index contributed by atoms with van der Waals surface area (Å²) in [6.07, 6.45) is -0.550. The van der Waals surface area contributed by atoms with E-state index in [0.717, 1.165) is 0 Å². The molecule has 1 aromatic rings. The lowest BCUT2D eigenvalue weighted by molar-refractivity contribution is 0.165. The Morgan fingerprint density at radius 2 is 2.22 bits per heavy atom. The summed E-state index contributed by atoms with van der Waals surface area (Å²) >= 11 is 0. The third-order valence-electron chi connectivity index (χ3n) is 2.72. The molecule has 0 heterocycles. The van der Waals surface area contributed by atoms with Crippen LogP contribution in [0, 0.1) is 0 Å². The lowest BCUT2D eigenvalue weighted by Gasteiger charge is -2.21. The second kappa shape index (κ2) is 6.40. The van der Waals surface area contributed by atoms with E-state index in [0.29, 0.717) is 17.0 Å². The molecule has 0 unspecified atom stereocenters. The minimum Gasteiger partial charge on any atom is -0.410 e. The fourth-order valence-corrected chi connectivity index (χ4v) is 1.29. The highest BCUT2D eigenvalue weighted by Crippen LogP contribution is 2.22. The molecule has 0 saturated carbocycles. The monoisotopic (exact) mass is 256 g/mol. The summed E-state index contributed by atoms with van der Waals surface area (Å²) in [5.41, 5.74) is 0.423. The Bertz CT molecular complexity index is 559. The Hall–Kier alpha value is -1.55. The summed E-state index contributed by atoms with van der Waals surface area (Å²) in [4.78, 5) is 13.6. The van der Waals surface area contributed by atoms with Gasteiger partial charge in [-0.25, -0.2) is 4.79 Å². The number of hydrogen-bond acceptors (Lipinski definition) is 3. The SMILES string of the molecule is [2H]C([2H])([2H])N([C@H](C)c1cccc(OC(=O)N(C)CC)c1)C([2H])([2H])[2H]. The average Bonchev–Trinajstić information content (AvgIpc) is 2.43. The van der Waals surface area contributed by atoms with Crippen molar-refractivity contribution in [1.82, 2.24) is 9.80 Å². The van der Waals surface area contributed by atoms with Gasteiger partial charge in [-0.2, -0.15) is 0 Å². The van der Waals surface area contributed by atoms with Gasteiger partial charge in [-0.1, -0.05) is 12.1 Å². The third kappa shape index (κ3) is 3.74. The van der Waals surface area contributed by atoms with Crippen molar-refractivity contribution in [1.29, 1.82) is 0 Å². The molecule has 0 spiro atoms. The van der Waals surface area contributed by atoms with Crippen LogP contribution < -0.4 is 4.74 Å². The van der Waals surface area contributed by atoms with E-state index < -0.39 is 26.1 Å². The predicted octanol–water partition coefficient (Wildman–Crippen LogP) is 2.76. The summed E-state index contributed by atoms with van der Waals surface area (Å²) in [5.74, 6) is 0.223. The van der Waals surface area contributed by atoms with Crippen LogP contribution >= 0.6 is 0 Å². The van der Waals surface area contributed by atoms with Crippen LogP contribution in [-0.2, 0) is 0 Å². The van der Waals surface area contributed by atoms with Gasteiger partial charge in [0.1, 0.15) is 5.75 Å². The third-order valence-corrected chi connectivity index (χ3v) is 2.72. The molecule has 0 bridgehead atoms. The highest BCUT2D eigenvalue weighted by atomic mass is 16.6. The van der Waals surface area contributed by atoms with Gasteiger partial charge < -0.3 is 14.5 Å². The van der Waals surface area contributed by atoms with E-state index in [-0.39, 0.29) is 5.75 Å². The smallest absolute Gasteiger partial charge is 0.410 e. The molecule has 1 rings (SSSR count). The Kier molecular flexibility index (Phi) is 2.77. The largest absolute Gasteiger partial charge is 0.414 e. The summed E-state index contributed by atoms with van der Waals surface area (Å²) in [7, 11) is 1.58. The van der Waals surface area contributed by atoms with Gasteiger partial charge >= 0.3 is 6.09 Å². The van der Waals surface area contributed by atoms with E-state index in [4.69, 9.17) is 13.0 Å². The molecule has 0 radical (unpaired) electrons. The molecule has 100 valence electrons.